The molecular weight excluding hydrogens is 296 g/mol. The summed E-state index contributed by atoms with van der Waals surface area (Å²) in [5.41, 5.74) is 0.763. The van der Waals surface area contributed by atoms with Crippen molar-refractivity contribution in [1.29, 1.82) is 0 Å². The maximum atomic E-state index is 11.8. The molecule has 1 amide bonds. The first-order valence-electron chi connectivity index (χ1n) is 6.26. The summed E-state index contributed by atoms with van der Waals surface area (Å²) >= 11 is 3.35. The van der Waals surface area contributed by atoms with E-state index in [0.717, 1.165) is 36.0 Å². The van der Waals surface area contributed by atoms with Crippen molar-refractivity contribution in [3.8, 4) is 0 Å². The van der Waals surface area contributed by atoms with Gasteiger partial charge in [0.2, 0.25) is 5.91 Å². The van der Waals surface area contributed by atoms with Crippen LogP contribution in [0.15, 0.2) is 22.9 Å². The number of ether oxygens (including phenoxy) is 1. The molecule has 5 heteroatoms. The monoisotopic (exact) mass is 312 g/mol. The maximum absolute atomic E-state index is 11.8. The van der Waals surface area contributed by atoms with Gasteiger partial charge in [-0.1, -0.05) is 0 Å². The number of nitrogens with one attached hydrogen (secondary N) is 1. The lowest BCUT2D eigenvalue weighted by atomic mass is 10.0. The molecule has 1 aliphatic rings. The highest BCUT2D eigenvalue weighted by Gasteiger charge is 2.15. The minimum Gasteiger partial charge on any atom is -0.378 e. The number of aromatic nitrogens is 1. The largest absolute Gasteiger partial charge is 0.378 e. The fourth-order valence-corrected chi connectivity index (χ4v) is 2.37. The van der Waals surface area contributed by atoms with Crippen LogP contribution in [0.3, 0.4) is 0 Å². The molecule has 1 aromatic heterocycles. The third-order valence-corrected chi connectivity index (χ3v) is 3.65. The van der Waals surface area contributed by atoms with Crippen LogP contribution in [0.4, 0.5) is 5.69 Å². The van der Waals surface area contributed by atoms with Crippen LogP contribution in [0.1, 0.15) is 32.1 Å². The van der Waals surface area contributed by atoms with Gasteiger partial charge in [-0.2, -0.15) is 0 Å². The summed E-state index contributed by atoms with van der Waals surface area (Å²) in [5.74, 6) is 0.0241. The van der Waals surface area contributed by atoms with Gasteiger partial charge in [-0.15, -0.1) is 0 Å². The van der Waals surface area contributed by atoms with E-state index in [9.17, 15) is 4.79 Å². The Morgan fingerprint density at radius 3 is 3.17 bits per heavy atom. The molecule has 2 heterocycles. The van der Waals surface area contributed by atoms with Crippen LogP contribution in [0.2, 0.25) is 0 Å². The lowest BCUT2D eigenvalue weighted by Crippen LogP contribution is -2.21. The Balaban J connectivity index is 1.76. The predicted octanol–water partition coefficient (Wildman–Crippen LogP) is 3.13. The first-order valence-corrected chi connectivity index (χ1v) is 7.06. The molecule has 2 rings (SSSR count). The molecule has 0 aliphatic carbocycles. The van der Waals surface area contributed by atoms with Crippen molar-refractivity contribution in [3.05, 3.63) is 22.9 Å². The Bertz CT molecular complexity index is 406. The SMILES string of the molecule is O=C(CCC1CCCCO1)Nc1ccncc1Br. The van der Waals surface area contributed by atoms with Crippen LogP contribution >= 0.6 is 15.9 Å². The van der Waals surface area contributed by atoms with Crippen molar-refractivity contribution in [2.45, 2.75) is 38.2 Å². The standard InChI is InChI=1S/C13H17BrN2O2/c14-11-9-15-7-6-12(11)16-13(17)5-4-10-3-1-2-8-18-10/h6-7,9-10H,1-5,8H2,(H,15,16,17). The van der Waals surface area contributed by atoms with Gasteiger partial charge in [-0.25, -0.2) is 0 Å². The fourth-order valence-electron chi connectivity index (χ4n) is 2.02. The smallest absolute Gasteiger partial charge is 0.224 e. The normalized spacial score (nSPS) is 19.5. The number of carbonyl (C=O) groups is 1. The Morgan fingerprint density at radius 2 is 2.44 bits per heavy atom. The summed E-state index contributed by atoms with van der Waals surface area (Å²) in [7, 11) is 0. The summed E-state index contributed by atoms with van der Waals surface area (Å²) in [6.07, 6.45) is 8.31. The third kappa shape index (κ3) is 4.07. The Kier molecular flexibility index (Phi) is 5.13. The zero-order chi connectivity index (χ0) is 12.8. The van der Waals surface area contributed by atoms with E-state index in [0.29, 0.717) is 6.42 Å². The second-order valence-electron chi connectivity index (χ2n) is 4.43. The number of nitrogens with zero attached hydrogens (tertiary/aromatic N) is 1. The van der Waals surface area contributed by atoms with E-state index in [1.807, 2.05) is 0 Å². The number of amides is 1. The molecule has 0 spiro atoms. The zero-order valence-corrected chi connectivity index (χ0v) is 11.8. The van der Waals surface area contributed by atoms with Crippen LogP contribution in [0.25, 0.3) is 0 Å². The van der Waals surface area contributed by atoms with E-state index in [1.165, 1.54) is 6.42 Å². The number of hydrogen-bond acceptors (Lipinski definition) is 3. The van der Waals surface area contributed by atoms with Crippen LogP contribution in [-0.2, 0) is 9.53 Å². The van der Waals surface area contributed by atoms with Gasteiger partial charge in [-0.3, -0.25) is 9.78 Å². The highest BCUT2D eigenvalue weighted by Crippen LogP contribution is 2.21. The highest BCUT2D eigenvalue weighted by atomic mass is 79.9. The van der Waals surface area contributed by atoms with Crippen molar-refractivity contribution in [2.24, 2.45) is 0 Å². The predicted molar refractivity (Wildman–Crippen MR) is 73.4 cm³/mol. The number of rotatable bonds is 4. The molecule has 98 valence electrons. The van der Waals surface area contributed by atoms with E-state index >= 15 is 0 Å². The molecule has 1 atom stereocenters. The Hall–Kier alpha value is -0.940. The van der Waals surface area contributed by atoms with Crippen molar-refractivity contribution >= 4 is 27.5 Å². The molecule has 0 bridgehead atoms. The summed E-state index contributed by atoms with van der Waals surface area (Å²) in [6, 6.07) is 1.78. The quantitative estimate of drug-likeness (QED) is 0.929. The molecule has 0 saturated carbocycles. The molecule has 18 heavy (non-hydrogen) atoms. The van der Waals surface area contributed by atoms with E-state index in [1.54, 1.807) is 18.5 Å². The number of halogens is 1. The van der Waals surface area contributed by atoms with Crippen molar-refractivity contribution < 1.29 is 9.53 Å². The molecule has 1 N–H and O–H groups in total. The number of hydrogen-bond donors (Lipinski definition) is 1. The van der Waals surface area contributed by atoms with Gasteiger partial charge in [-0.05, 0) is 47.7 Å². The lowest BCUT2D eigenvalue weighted by Gasteiger charge is -2.22. The number of pyridine rings is 1. The van der Waals surface area contributed by atoms with Crippen molar-refractivity contribution in [1.82, 2.24) is 4.98 Å². The average molecular weight is 313 g/mol. The first kappa shape index (κ1) is 13.5. The minimum atomic E-state index is 0.0241. The minimum absolute atomic E-state index is 0.0241. The molecule has 0 radical (unpaired) electrons. The van der Waals surface area contributed by atoms with E-state index in [2.05, 4.69) is 26.2 Å². The molecule has 1 aromatic rings. The molecule has 1 unspecified atom stereocenters. The molecule has 0 aromatic carbocycles. The van der Waals surface area contributed by atoms with E-state index in [-0.39, 0.29) is 12.0 Å². The van der Waals surface area contributed by atoms with Gasteiger partial charge < -0.3 is 10.1 Å². The second-order valence-corrected chi connectivity index (χ2v) is 5.29. The fraction of sp³-hybridized carbons (Fsp3) is 0.538. The van der Waals surface area contributed by atoms with E-state index < -0.39 is 0 Å². The Morgan fingerprint density at radius 1 is 1.56 bits per heavy atom. The topological polar surface area (TPSA) is 51.2 Å². The highest BCUT2D eigenvalue weighted by molar-refractivity contribution is 9.10. The zero-order valence-electron chi connectivity index (χ0n) is 10.2. The van der Waals surface area contributed by atoms with E-state index in [4.69, 9.17) is 4.74 Å². The summed E-state index contributed by atoms with van der Waals surface area (Å²) < 4.78 is 6.40. The van der Waals surface area contributed by atoms with Crippen molar-refractivity contribution in [3.63, 3.8) is 0 Å². The van der Waals surface area contributed by atoms with Crippen LogP contribution in [0.5, 0.6) is 0 Å². The van der Waals surface area contributed by atoms with Gasteiger partial charge in [0, 0.05) is 25.4 Å². The molecular formula is C13H17BrN2O2. The average Bonchev–Trinajstić information content (AvgIpc) is 2.40. The molecule has 1 saturated heterocycles. The van der Waals surface area contributed by atoms with Gasteiger partial charge in [0.15, 0.2) is 0 Å². The van der Waals surface area contributed by atoms with Crippen LogP contribution in [-0.4, -0.2) is 23.6 Å². The third-order valence-electron chi connectivity index (χ3n) is 3.01. The first-order chi connectivity index (χ1) is 8.75. The van der Waals surface area contributed by atoms with Crippen molar-refractivity contribution in [2.75, 3.05) is 11.9 Å². The second kappa shape index (κ2) is 6.85. The number of carbonyl (C=O) groups excluding carboxylic acids is 1. The lowest BCUT2D eigenvalue weighted by molar-refractivity contribution is -0.117. The summed E-state index contributed by atoms with van der Waals surface area (Å²) in [6.45, 7) is 0.836. The molecule has 1 fully saturated rings. The van der Waals surface area contributed by atoms with Gasteiger partial charge in [0.25, 0.3) is 0 Å². The van der Waals surface area contributed by atoms with Gasteiger partial charge in [0.05, 0.1) is 16.3 Å². The summed E-state index contributed by atoms with van der Waals surface area (Å²) in [4.78, 5) is 15.8. The molecule has 1 aliphatic heterocycles. The Labute approximate surface area is 115 Å². The maximum Gasteiger partial charge on any atom is 0.224 e. The molecule has 4 nitrogen and oxygen atoms in total. The van der Waals surface area contributed by atoms with Gasteiger partial charge >= 0.3 is 0 Å². The number of anilines is 1. The summed E-state index contributed by atoms with van der Waals surface area (Å²) in [5, 5.41) is 2.87. The van der Waals surface area contributed by atoms with Gasteiger partial charge in [0.1, 0.15) is 0 Å². The van der Waals surface area contributed by atoms with Crippen LogP contribution in [0, 0.1) is 0 Å². The van der Waals surface area contributed by atoms with Crippen LogP contribution < -0.4 is 5.32 Å².